The summed E-state index contributed by atoms with van der Waals surface area (Å²) >= 11 is 1.79. The molecule has 3 unspecified atom stereocenters. The summed E-state index contributed by atoms with van der Waals surface area (Å²) in [5, 5.41) is 1.14. The minimum Gasteiger partial charge on any atom is -0.271 e. The Hall–Kier alpha value is -0.450. The molecule has 0 aromatic carbocycles. The molecule has 102 valence electrons. The van der Waals surface area contributed by atoms with Crippen molar-refractivity contribution in [3.8, 4) is 0 Å². The number of hydrogen-bond donors (Lipinski definition) is 2. The van der Waals surface area contributed by atoms with Crippen LogP contribution < -0.4 is 11.3 Å². The van der Waals surface area contributed by atoms with Gasteiger partial charge in [0.1, 0.15) is 0 Å². The van der Waals surface area contributed by atoms with Gasteiger partial charge >= 0.3 is 0 Å². The van der Waals surface area contributed by atoms with Crippen LogP contribution in [0.4, 0.5) is 0 Å². The Labute approximate surface area is 114 Å². The molecule has 1 heterocycles. The molecule has 18 heavy (non-hydrogen) atoms. The largest absolute Gasteiger partial charge is 0.271 e. The minimum absolute atomic E-state index is 0.279. The van der Waals surface area contributed by atoms with Crippen molar-refractivity contribution in [2.24, 2.45) is 23.6 Å². The van der Waals surface area contributed by atoms with E-state index in [1.807, 2.05) is 0 Å². The number of hydrogen-bond acceptors (Lipinski definition) is 4. The second-order valence-corrected chi connectivity index (χ2v) is 7.24. The van der Waals surface area contributed by atoms with Crippen molar-refractivity contribution in [3.63, 3.8) is 0 Å². The van der Waals surface area contributed by atoms with Gasteiger partial charge in [-0.2, -0.15) is 0 Å². The van der Waals surface area contributed by atoms with Crippen LogP contribution in [-0.4, -0.2) is 4.98 Å². The van der Waals surface area contributed by atoms with E-state index >= 15 is 0 Å². The highest BCUT2D eigenvalue weighted by molar-refractivity contribution is 7.11. The first-order valence-corrected chi connectivity index (χ1v) is 7.73. The molecular formula is C14H25N3S. The maximum absolute atomic E-state index is 5.83. The second kappa shape index (κ2) is 5.68. The summed E-state index contributed by atoms with van der Waals surface area (Å²) in [5.41, 5.74) is 4.20. The Kier molecular flexibility index (Phi) is 4.41. The number of aryl methyl sites for hydroxylation is 2. The third-order valence-corrected chi connectivity index (χ3v) is 5.24. The van der Waals surface area contributed by atoms with Gasteiger partial charge in [0, 0.05) is 4.88 Å². The molecule has 0 aliphatic heterocycles. The summed E-state index contributed by atoms with van der Waals surface area (Å²) in [4.78, 5) is 5.87. The molecule has 1 aliphatic carbocycles. The van der Waals surface area contributed by atoms with Gasteiger partial charge in [0.2, 0.25) is 0 Å². The predicted molar refractivity (Wildman–Crippen MR) is 77.3 cm³/mol. The van der Waals surface area contributed by atoms with E-state index in [-0.39, 0.29) is 6.04 Å². The van der Waals surface area contributed by atoms with Crippen molar-refractivity contribution in [3.05, 3.63) is 15.6 Å². The number of hydrazine groups is 1. The average Bonchev–Trinajstić information content (AvgIpc) is 2.58. The second-order valence-electron chi connectivity index (χ2n) is 6.00. The molecule has 0 spiro atoms. The summed E-state index contributed by atoms with van der Waals surface area (Å²) in [6.07, 6.45) is 3.90. The monoisotopic (exact) mass is 267 g/mol. The standard InChI is InChI=1S/C14H25N3S/c1-8-5-9(2)7-12(6-8)13(17-15)14-10(3)16-11(4)18-14/h8-9,12-13,17H,5-7,15H2,1-4H3. The fourth-order valence-corrected chi connectivity index (χ4v) is 4.62. The van der Waals surface area contributed by atoms with Crippen LogP contribution in [0.1, 0.15) is 54.7 Å². The molecule has 1 fully saturated rings. The molecule has 1 aromatic heterocycles. The Bertz CT molecular complexity index is 392. The highest BCUT2D eigenvalue weighted by atomic mass is 32.1. The van der Waals surface area contributed by atoms with Crippen LogP contribution in [-0.2, 0) is 0 Å². The molecule has 3 N–H and O–H groups in total. The molecule has 1 aromatic rings. The highest BCUT2D eigenvalue weighted by Crippen LogP contribution is 2.41. The van der Waals surface area contributed by atoms with Gasteiger partial charge in [0.25, 0.3) is 0 Å². The zero-order valence-electron chi connectivity index (χ0n) is 11.9. The van der Waals surface area contributed by atoms with Crippen molar-refractivity contribution in [1.29, 1.82) is 0 Å². The van der Waals surface area contributed by atoms with Crippen molar-refractivity contribution in [2.75, 3.05) is 0 Å². The number of aromatic nitrogens is 1. The van der Waals surface area contributed by atoms with E-state index in [2.05, 4.69) is 38.1 Å². The number of nitrogens with zero attached hydrogens (tertiary/aromatic N) is 1. The molecule has 0 amide bonds. The maximum Gasteiger partial charge on any atom is 0.0900 e. The normalized spacial score (nSPS) is 30.4. The zero-order chi connectivity index (χ0) is 13.3. The number of nitrogens with one attached hydrogen (secondary N) is 1. The van der Waals surface area contributed by atoms with Gasteiger partial charge in [0.15, 0.2) is 0 Å². The molecule has 0 saturated heterocycles. The summed E-state index contributed by atoms with van der Waals surface area (Å²) in [6.45, 7) is 8.89. The molecule has 1 aliphatic rings. The van der Waals surface area contributed by atoms with Crippen LogP contribution in [0.2, 0.25) is 0 Å². The lowest BCUT2D eigenvalue weighted by molar-refractivity contribution is 0.178. The summed E-state index contributed by atoms with van der Waals surface area (Å²) < 4.78 is 0. The number of nitrogens with two attached hydrogens (primary N) is 1. The Morgan fingerprint density at radius 3 is 2.28 bits per heavy atom. The van der Waals surface area contributed by atoms with Crippen LogP contribution in [0.15, 0.2) is 0 Å². The van der Waals surface area contributed by atoms with Crippen LogP contribution >= 0.6 is 11.3 Å². The molecule has 0 radical (unpaired) electrons. The minimum atomic E-state index is 0.279. The molecule has 4 heteroatoms. The summed E-state index contributed by atoms with van der Waals surface area (Å²) in [6, 6.07) is 0.279. The van der Waals surface area contributed by atoms with Gasteiger partial charge in [-0.25, -0.2) is 4.98 Å². The topological polar surface area (TPSA) is 50.9 Å². The molecular weight excluding hydrogens is 242 g/mol. The van der Waals surface area contributed by atoms with E-state index in [1.54, 1.807) is 11.3 Å². The van der Waals surface area contributed by atoms with Gasteiger partial charge in [-0.15, -0.1) is 11.3 Å². The van der Waals surface area contributed by atoms with Gasteiger partial charge in [-0.05, 0) is 50.9 Å². The third kappa shape index (κ3) is 2.92. The summed E-state index contributed by atoms with van der Waals surface area (Å²) in [5.74, 6) is 8.10. The van der Waals surface area contributed by atoms with E-state index in [0.29, 0.717) is 5.92 Å². The van der Waals surface area contributed by atoms with Gasteiger partial charge in [0.05, 0.1) is 16.7 Å². The lowest BCUT2D eigenvalue weighted by atomic mass is 9.73. The highest BCUT2D eigenvalue weighted by Gasteiger charge is 2.32. The fraction of sp³-hybridized carbons (Fsp3) is 0.786. The van der Waals surface area contributed by atoms with E-state index in [4.69, 9.17) is 5.84 Å². The van der Waals surface area contributed by atoms with Crippen molar-refractivity contribution in [1.82, 2.24) is 10.4 Å². The first-order chi connectivity index (χ1) is 8.51. The Morgan fingerprint density at radius 2 is 1.83 bits per heavy atom. The van der Waals surface area contributed by atoms with E-state index in [0.717, 1.165) is 22.5 Å². The van der Waals surface area contributed by atoms with Crippen molar-refractivity contribution in [2.45, 2.75) is 53.0 Å². The van der Waals surface area contributed by atoms with E-state index in [1.165, 1.54) is 24.1 Å². The number of thiazole rings is 1. The Morgan fingerprint density at radius 1 is 1.22 bits per heavy atom. The Balaban J connectivity index is 2.20. The van der Waals surface area contributed by atoms with Crippen molar-refractivity contribution >= 4 is 11.3 Å². The molecule has 2 rings (SSSR count). The molecule has 1 saturated carbocycles. The first-order valence-electron chi connectivity index (χ1n) is 6.91. The van der Waals surface area contributed by atoms with Gasteiger partial charge in [-0.1, -0.05) is 13.8 Å². The SMILES string of the molecule is Cc1nc(C)c(C(NN)C2CC(C)CC(C)C2)s1. The zero-order valence-corrected chi connectivity index (χ0v) is 12.7. The van der Waals surface area contributed by atoms with Gasteiger partial charge in [-0.3, -0.25) is 11.3 Å². The van der Waals surface area contributed by atoms with Crippen LogP contribution in [0.3, 0.4) is 0 Å². The predicted octanol–water partition coefficient (Wildman–Crippen LogP) is 3.34. The molecule has 3 atom stereocenters. The third-order valence-electron chi connectivity index (χ3n) is 4.09. The molecule has 0 bridgehead atoms. The number of rotatable bonds is 3. The van der Waals surface area contributed by atoms with Gasteiger partial charge < -0.3 is 0 Å². The molecule has 3 nitrogen and oxygen atoms in total. The summed E-state index contributed by atoms with van der Waals surface area (Å²) in [7, 11) is 0. The average molecular weight is 267 g/mol. The maximum atomic E-state index is 5.83. The lowest BCUT2D eigenvalue weighted by Gasteiger charge is -2.36. The van der Waals surface area contributed by atoms with E-state index in [9.17, 15) is 0 Å². The van der Waals surface area contributed by atoms with Crippen LogP contribution in [0.5, 0.6) is 0 Å². The lowest BCUT2D eigenvalue weighted by Crippen LogP contribution is -2.36. The van der Waals surface area contributed by atoms with Crippen LogP contribution in [0.25, 0.3) is 0 Å². The van der Waals surface area contributed by atoms with E-state index < -0.39 is 0 Å². The van der Waals surface area contributed by atoms with Crippen molar-refractivity contribution < 1.29 is 0 Å². The first kappa shape index (κ1) is 14.0. The van der Waals surface area contributed by atoms with Crippen LogP contribution in [0, 0.1) is 31.6 Å². The smallest absolute Gasteiger partial charge is 0.0900 e. The fourth-order valence-electron chi connectivity index (χ4n) is 3.54. The quantitative estimate of drug-likeness (QED) is 0.652.